The highest BCUT2D eigenvalue weighted by Crippen LogP contribution is 2.27. The van der Waals surface area contributed by atoms with Crippen molar-refractivity contribution in [2.75, 3.05) is 5.32 Å². The lowest BCUT2D eigenvalue weighted by molar-refractivity contribution is -0.385. The van der Waals surface area contributed by atoms with E-state index in [0.717, 1.165) is 11.1 Å². The minimum atomic E-state index is -0.715. The van der Waals surface area contributed by atoms with E-state index in [4.69, 9.17) is 11.6 Å². The Morgan fingerprint density at radius 3 is 2.71 bits per heavy atom. The maximum Gasteiger partial charge on any atom is 0.319 e. The molecule has 0 aliphatic heterocycles. The summed E-state index contributed by atoms with van der Waals surface area (Å²) in [6, 6.07) is 6.71. The quantitative estimate of drug-likeness (QED) is 0.534. The minimum absolute atomic E-state index is 0.124. The number of carbonyl (C=O) groups excluding carboxylic acids is 1. The van der Waals surface area contributed by atoms with Crippen LogP contribution in [-0.4, -0.2) is 15.8 Å². The lowest BCUT2D eigenvalue weighted by Gasteiger charge is -2.10. The number of halogens is 1. The van der Waals surface area contributed by atoms with E-state index in [-0.39, 0.29) is 10.7 Å². The third kappa shape index (κ3) is 3.00. The summed E-state index contributed by atoms with van der Waals surface area (Å²) in [5.41, 5.74) is 1.88. The van der Waals surface area contributed by atoms with Gasteiger partial charge in [-0.25, -0.2) is 4.98 Å². The van der Waals surface area contributed by atoms with Crippen LogP contribution in [-0.2, 0) is 0 Å². The molecule has 0 radical (unpaired) electrons. The molecule has 1 heterocycles. The monoisotopic (exact) mass is 305 g/mol. The fourth-order valence-electron chi connectivity index (χ4n) is 1.86. The molecule has 2 aromatic rings. The molecular formula is C14H12ClN3O3. The third-order valence-electron chi connectivity index (χ3n) is 3.16. The number of anilines is 1. The lowest BCUT2D eigenvalue weighted by Crippen LogP contribution is -2.15. The number of benzene rings is 1. The van der Waals surface area contributed by atoms with Gasteiger partial charge in [-0.2, -0.15) is 0 Å². The maximum atomic E-state index is 12.3. The van der Waals surface area contributed by atoms with Crippen molar-refractivity contribution in [3.05, 3.63) is 62.4 Å². The second-order valence-electron chi connectivity index (χ2n) is 4.46. The Morgan fingerprint density at radius 1 is 1.33 bits per heavy atom. The van der Waals surface area contributed by atoms with E-state index in [0.29, 0.717) is 5.69 Å². The average molecular weight is 306 g/mol. The van der Waals surface area contributed by atoms with Crippen LogP contribution in [0.3, 0.4) is 0 Å². The molecule has 6 nitrogen and oxygen atoms in total. The van der Waals surface area contributed by atoms with Gasteiger partial charge in [-0.15, -0.1) is 0 Å². The molecule has 0 aliphatic rings. The van der Waals surface area contributed by atoms with Gasteiger partial charge in [-0.3, -0.25) is 14.9 Å². The van der Waals surface area contributed by atoms with Crippen LogP contribution in [0, 0.1) is 24.0 Å². The molecule has 1 aromatic heterocycles. The van der Waals surface area contributed by atoms with Crippen LogP contribution in [0.25, 0.3) is 0 Å². The molecule has 0 bridgehead atoms. The Kier molecular flexibility index (Phi) is 4.18. The van der Waals surface area contributed by atoms with E-state index < -0.39 is 16.5 Å². The first-order chi connectivity index (χ1) is 9.91. The maximum absolute atomic E-state index is 12.3. The first kappa shape index (κ1) is 14.9. The first-order valence-corrected chi connectivity index (χ1v) is 6.46. The van der Waals surface area contributed by atoms with E-state index >= 15 is 0 Å². The molecule has 0 unspecified atom stereocenters. The molecule has 1 amide bonds. The Labute approximate surface area is 125 Å². The van der Waals surface area contributed by atoms with Gasteiger partial charge in [0.2, 0.25) is 5.15 Å². The number of nitro groups is 1. The standard InChI is InChI=1S/C14H12ClN3O3/c1-8-4-3-5-11(9(8)2)17-14(19)10-6-7-16-13(15)12(10)18(20)21/h3-7H,1-2H3,(H,17,19). The number of pyridine rings is 1. The minimum Gasteiger partial charge on any atom is -0.322 e. The second kappa shape index (κ2) is 5.88. The average Bonchev–Trinajstić information content (AvgIpc) is 2.43. The number of hydrogen-bond acceptors (Lipinski definition) is 4. The van der Waals surface area contributed by atoms with Gasteiger partial charge in [0.25, 0.3) is 5.91 Å². The number of aromatic nitrogens is 1. The van der Waals surface area contributed by atoms with Gasteiger partial charge in [0.05, 0.1) is 4.92 Å². The number of hydrogen-bond donors (Lipinski definition) is 1. The summed E-state index contributed by atoms with van der Waals surface area (Å²) in [6.45, 7) is 3.77. The van der Waals surface area contributed by atoms with Crippen LogP contribution in [0.1, 0.15) is 21.5 Å². The van der Waals surface area contributed by atoms with Gasteiger partial charge >= 0.3 is 5.69 Å². The molecule has 1 N–H and O–H groups in total. The van der Waals surface area contributed by atoms with Gasteiger partial charge in [0.15, 0.2) is 0 Å². The van der Waals surface area contributed by atoms with Crippen molar-refractivity contribution in [2.45, 2.75) is 13.8 Å². The molecule has 21 heavy (non-hydrogen) atoms. The predicted molar refractivity (Wildman–Crippen MR) is 79.8 cm³/mol. The molecule has 0 aliphatic carbocycles. The number of nitrogens with one attached hydrogen (secondary N) is 1. The topological polar surface area (TPSA) is 85.1 Å². The third-order valence-corrected chi connectivity index (χ3v) is 3.44. The van der Waals surface area contributed by atoms with Crippen molar-refractivity contribution >= 4 is 28.9 Å². The zero-order valence-electron chi connectivity index (χ0n) is 11.4. The van der Waals surface area contributed by atoms with Crippen LogP contribution in [0.15, 0.2) is 30.5 Å². The van der Waals surface area contributed by atoms with Crippen molar-refractivity contribution < 1.29 is 9.72 Å². The molecule has 0 atom stereocenters. The predicted octanol–water partition coefficient (Wildman–Crippen LogP) is 3.51. The highest BCUT2D eigenvalue weighted by molar-refractivity contribution is 6.32. The Bertz CT molecular complexity index is 731. The van der Waals surface area contributed by atoms with Gasteiger partial charge in [0, 0.05) is 11.9 Å². The van der Waals surface area contributed by atoms with Crippen molar-refractivity contribution in [3.63, 3.8) is 0 Å². The largest absolute Gasteiger partial charge is 0.322 e. The van der Waals surface area contributed by atoms with E-state index in [1.54, 1.807) is 12.1 Å². The molecule has 7 heteroatoms. The van der Waals surface area contributed by atoms with Crippen molar-refractivity contribution in [2.24, 2.45) is 0 Å². The van der Waals surface area contributed by atoms with Crippen LogP contribution in [0.5, 0.6) is 0 Å². The molecule has 0 saturated carbocycles. The zero-order valence-corrected chi connectivity index (χ0v) is 12.1. The highest BCUT2D eigenvalue weighted by Gasteiger charge is 2.25. The Balaban J connectivity index is 2.40. The van der Waals surface area contributed by atoms with Gasteiger partial charge < -0.3 is 5.32 Å². The number of aryl methyl sites for hydroxylation is 1. The smallest absolute Gasteiger partial charge is 0.319 e. The molecule has 108 valence electrons. The van der Waals surface area contributed by atoms with E-state index in [1.807, 2.05) is 19.9 Å². The molecule has 0 spiro atoms. The van der Waals surface area contributed by atoms with Crippen LogP contribution in [0.2, 0.25) is 5.15 Å². The summed E-state index contributed by atoms with van der Waals surface area (Å²) >= 11 is 5.70. The summed E-state index contributed by atoms with van der Waals surface area (Å²) in [4.78, 5) is 26.2. The van der Waals surface area contributed by atoms with E-state index in [2.05, 4.69) is 10.3 Å². The number of rotatable bonds is 3. The van der Waals surface area contributed by atoms with Gasteiger partial charge in [-0.05, 0) is 37.1 Å². The summed E-state index contributed by atoms with van der Waals surface area (Å²) in [7, 11) is 0. The number of nitrogens with zero attached hydrogens (tertiary/aromatic N) is 2. The molecular weight excluding hydrogens is 294 g/mol. The number of carbonyl (C=O) groups is 1. The number of amides is 1. The van der Waals surface area contributed by atoms with Crippen LogP contribution in [0.4, 0.5) is 11.4 Å². The highest BCUT2D eigenvalue weighted by atomic mass is 35.5. The summed E-state index contributed by atoms with van der Waals surface area (Å²) in [6.07, 6.45) is 1.26. The fraction of sp³-hybridized carbons (Fsp3) is 0.143. The summed E-state index contributed by atoms with van der Waals surface area (Å²) in [5.74, 6) is -0.597. The second-order valence-corrected chi connectivity index (χ2v) is 4.81. The normalized spacial score (nSPS) is 10.2. The summed E-state index contributed by atoms with van der Waals surface area (Å²) in [5, 5.41) is 13.4. The molecule has 1 aromatic carbocycles. The van der Waals surface area contributed by atoms with Crippen LogP contribution < -0.4 is 5.32 Å². The summed E-state index contributed by atoms with van der Waals surface area (Å²) < 4.78 is 0. The molecule has 2 rings (SSSR count). The first-order valence-electron chi connectivity index (χ1n) is 6.08. The lowest BCUT2D eigenvalue weighted by atomic mass is 10.1. The van der Waals surface area contributed by atoms with Crippen molar-refractivity contribution in [3.8, 4) is 0 Å². The SMILES string of the molecule is Cc1cccc(NC(=O)c2ccnc(Cl)c2[N+](=O)[O-])c1C. The van der Waals surface area contributed by atoms with Crippen molar-refractivity contribution in [1.29, 1.82) is 0 Å². The van der Waals surface area contributed by atoms with Gasteiger partial charge in [-0.1, -0.05) is 23.7 Å². The Morgan fingerprint density at radius 2 is 2.05 bits per heavy atom. The molecule has 0 fully saturated rings. The Hall–Kier alpha value is -2.47. The van der Waals surface area contributed by atoms with Crippen molar-refractivity contribution in [1.82, 2.24) is 4.98 Å². The van der Waals surface area contributed by atoms with Crippen LogP contribution >= 0.6 is 11.6 Å². The van der Waals surface area contributed by atoms with Gasteiger partial charge in [0.1, 0.15) is 5.56 Å². The fourth-order valence-corrected chi connectivity index (χ4v) is 2.09. The zero-order chi connectivity index (χ0) is 15.6. The molecule has 0 saturated heterocycles. The van der Waals surface area contributed by atoms with E-state index in [1.165, 1.54) is 12.3 Å². The van der Waals surface area contributed by atoms with E-state index in [9.17, 15) is 14.9 Å².